The molecule has 30 heavy (non-hydrogen) atoms. The van der Waals surface area contributed by atoms with Gasteiger partial charge in [-0.2, -0.15) is 0 Å². The number of anilines is 1. The quantitative estimate of drug-likeness (QED) is 0.338. The second-order valence-electron chi connectivity index (χ2n) is 6.53. The standard InChI is InChI=1S/C19H21Cl2N5O2S2/c1-11-10-29-18(22-11)23-17(27)12(2)30-19-25-24-16(26(19)3)5-4-8-28-15-7-6-13(20)9-14(15)21/h6-7,9-10,12H,4-5,8H2,1-3H3,(H,22,23,27). The molecule has 0 aliphatic heterocycles. The predicted molar refractivity (Wildman–Crippen MR) is 122 cm³/mol. The number of rotatable bonds is 9. The molecular formula is C19H21Cl2N5O2S2. The summed E-state index contributed by atoms with van der Waals surface area (Å²) in [4.78, 5) is 16.6. The molecule has 3 aromatic rings. The van der Waals surface area contributed by atoms with Gasteiger partial charge in [-0.1, -0.05) is 35.0 Å². The Bertz CT molecular complexity index is 1020. The first kappa shape index (κ1) is 22.9. The Morgan fingerprint density at radius 3 is 2.87 bits per heavy atom. The maximum absolute atomic E-state index is 12.4. The normalized spacial score (nSPS) is 12.0. The van der Waals surface area contributed by atoms with E-state index >= 15 is 0 Å². The van der Waals surface area contributed by atoms with Crippen LogP contribution in [0, 0.1) is 6.92 Å². The summed E-state index contributed by atoms with van der Waals surface area (Å²) in [7, 11) is 1.89. The van der Waals surface area contributed by atoms with E-state index in [1.165, 1.54) is 23.1 Å². The van der Waals surface area contributed by atoms with Crippen molar-refractivity contribution in [1.29, 1.82) is 0 Å². The Morgan fingerprint density at radius 2 is 2.17 bits per heavy atom. The number of amides is 1. The third-order valence-corrected chi connectivity index (χ3v) is 6.66. The number of nitrogens with zero attached hydrogens (tertiary/aromatic N) is 4. The fourth-order valence-corrected chi connectivity index (χ4v) is 4.49. The van der Waals surface area contributed by atoms with E-state index in [1.54, 1.807) is 18.2 Å². The number of carbonyl (C=O) groups excluding carboxylic acids is 1. The van der Waals surface area contributed by atoms with Gasteiger partial charge in [0.15, 0.2) is 10.3 Å². The minimum atomic E-state index is -0.333. The first-order valence-electron chi connectivity index (χ1n) is 9.19. The average Bonchev–Trinajstić information content (AvgIpc) is 3.26. The van der Waals surface area contributed by atoms with Crippen LogP contribution in [0.15, 0.2) is 28.7 Å². The van der Waals surface area contributed by atoms with Crippen molar-refractivity contribution >= 4 is 57.3 Å². The highest BCUT2D eigenvalue weighted by molar-refractivity contribution is 8.00. The zero-order chi connectivity index (χ0) is 21.7. The number of thiazole rings is 1. The number of aromatic nitrogens is 4. The van der Waals surface area contributed by atoms with E-state index in [1.807, 2.05) is 30.8 Å². The molecule has 0 radical (unpaired) electrons. The van der Waals surface area contributed by atoms with Crippen LogP contribution in [-0.4, -0.2) is 37.5 Å². The molecule has 1 unspecified atom stereocenters. The molecule has 1 atom stereocenters. The second-order valence-corrected chi connectivity index (χ2v) is 9.54. The molecule has 2 heterocycles. The first-order valence-corrected chi connectivity index (χ1v) is 11.7. The number of hydrogen-bond acceptors (Lipinski definition) is 7. The number of ether oxygens (including phenoxy) is 1. The molecule has 2 aromatic heterocycles. The number of halogens is 2. The van der Waals surface area contributed by atoms with Gasteiger partial charge in [-0.05, 0) is 38.5 Å². The summed E-state index contributed by atoms with van der Waals surface area (Å²) in [5.74, 6) is 1.31. The topological polar surface area (TPSA) is 81.9 Å². The lowest BCUT2D eigenvalue weighted by Crippen LogP contribution is -2.22. The van der Waals surface area contributed by atoms with E-state index in [-0.39, 0.29) is 11.2 Å². The Balaban J connectivity index is 1.48. The van der Waals surface area contributed by atoms with Gasteiger partial charge in [-0.15, -0.1) is 21.5 Å². The van der Waals surface area contributed by atoms with Crippen LogP contribution in [0.4, 0.5) is 5.13 Å². The summed E-state index contributed by atoms with van der Waals surface area (Å²) in [6.07, 6.45) is 1.43. The van der Waals surface area contributed by atoms with Gasteiger partial charge in [0.2, 0.25) is 5.91 Å². The van der Waals surface area contributed by atoms with Gasteiger partial charge in [0.05, 0.1) is 22.6 Å². The molecular weight excluding hydrogens is 465 g/mol. The lowest BCUT2D eigenvalue weighted by molar-refractivity contribution is -0.115. The molecule has 3 rings (SSSR count). The van der Waals surface area contributed by atoms with Crippen LogP contribution in [0.2, 0.25) is 10.0 Å². The molecule has 11 heteroatoms. The molecule has 0 spiro atoms. The molecule has 1 aromatic carbocycles. The van der Waals surface area contributed by atoms with E-state index in [2.05, 4.69) is 20.5 Å². The van der Waals surface area contributed by atoms with Gasteiger partial charge in [0.1, 0.15) is 11.6 Å². The minimum Gasteiger partial charge on any atom is -0.492 e. The molecule has 160 valence electrons. The monoisotopic (exact) mass is 485 g/mol. The van der Waals surface area contributed by atoms with Crippen LogP contribution >= 0.6 is 46.3 Å². The van der Waals surface area contributed by atoms with E-state index in [0.717, 1.165) is 17.9 Å². The van der Waals surface area contributed by atoms with E-state index in [4.69, 9.17) is 27.9 Å². The highest BCUT2D eigenvalue weighted by atomic mass is 35.5. The van der Waals surface area contributed by atoms with Crippen molar-refractivity contribution in [1.82, 2.24) is 19.7 Å². The van der Waals surface area contributed by atoms with Gasteiger partial charge in [-0.3, -0.25) is 4.79 Å². The number of benzene rings is 1. The Hall–Kier alpha value is -1.81. The lowest BCUT2D eigenvalue weighted by Gasteiger charge is -2.10. The maximum atomic E-state index is 12.4. The van der Waals surface area contributed by atoms with Gasteiger partial charge < -0.3 is 14.6 Å². The number of nitrogens with one attached hydrogen (secondary N) is 1. The zero-order valence-corrected chi connectivity index (χ0v) is 19.8. The number of carbonyl (C=O) groups is 1. The molecule has 1 amide bonds. The van der Waals surface area contributed by atoms with Crippen molar-refractivity contribution in [3.8, 4) is 5.75 Å². The first-order chi connectivity index (χ1) is 14.3. The average molecular weight is 486 g/mol. The molecule has 0 aliphatic carbocycles. The highest BCUT2D eigenvalue weighted by Gasteiger charge is 2.19. The molecule has 0 fully saturated rings. The SMILES string of the molecule is Cc1csc(NC(=O)C(C)Sc2nnc(CCCOc3ccc(Cl)cc3Cl)n2C)n1. The third kappa shape index (κ3) is 6.10. The third-order valence-electron chi connectivity index (χ3n) is 4.12. The van der Waals surface area contributed by atoms with Gasteiger partial charge in [-0.25, -0.2) is 4.98 Å². The van der Waals surface area contributed by atoms with E-state index in [0.29, 0.717) is 39.1 Å². The van der Waals surface area contributed by atoms with Crippen LogP contribution in [0.1, 0.15) is 24.9 Å². The van der Waals surface area contributed by atoms with Crippen LogP contribution in [0.3, 0.4) is 0 Å². The lowest BCUT2D eigenvalue weighted by atomic mass is 10.3. The summed E-state index contributed by atoms with van der Waals surface area (Å²) in [6.45, 7) is 4.21. The summed E-state index contributed by atoms with van der Waals surface area (Å²) in [6, 6.07) is 5.14. The van der Waals surface area contributed by atoms with Gasteiger partial charge in [0.25, 0.3) is 0 Å². The maximum Gasteiger partial charge on any atom is 0.239 e. The Morgan fingerprint density at radius 1 is 1.37 bits per heavy atom. The van der Waals surface area contributed by atoms with Crippen LogP contribution in [-0.2, 0) is 18.3 Å². The van der Waals surface area contributed by atoms with Crippen LogP contribution in [0.25, 0.3) is 0 Å². The summed E-state index contributed by atoms with van der Waals surface area (Å²) < 4.78 is 7.60. The van der Waals surface area contributed by atoms with Gasteiger partial charge in [0, 0.05) is 23.9 Å². The summed E-state index contributed by atoms with van der Waals surface area (Å²) in [5.41, 5.74) is 0.885. The fourth-order valence-electron chi connectivity index (χ4n) is 2.50. The number of aryl methyl sites for hydroxylation is 2. The molecule has 0 aliphatic rings. The second kappa shape index (κ2) is 10.5. The zero-order valence-electron chi connectivity index (χ0n) is 16.7. The van der Waals surface area contributed by atoms with E-state index < -0.39 is 0 Å². The van der Waals surface area contributed by atoms with Crippen LogP contribution in [0.5, 0.6) is 5.75 Å². The summed E-state index contributed by atoms with van der Waals surface area (Å²) >= 11 is 14.8. The summed E-state index contributed by atoms with van der Waals surface area (Å²) in [5, 5.41) is 15.2. The highest BCUT2D eigenvalue weighted by Crippen LogP contribution is 2.28. The van der Waals surface area contributed by atoms with Gasteiger partial charge >= 0.3 is 0 Å². The Kier molecular flexibility index (Phi) is 7.99. The number of hydrogen-bond donors (Lipinski definition) is 1. The molecule has 0 saturated heterocycles. The van der Waals surface area contributed by atoms with Crippen molar-refractivity contribution in [2.24, 2.45) is 7.05 Å². The van der Waals surface area contributed by atoms with Crippen LogP contribution < -0.4 is 10.1 Å². The van der Waals surface area contributed by atoms with E-state index in [9.17, 15) is 4.79 Å². The molecule has 0 saturated carbocycles. The predicted octanol–water partition coefficient (Wildman–Crippen LogP) is 5.02. The van der Waals surface area contributed by atoms with Crippen molar-refractivity contribution in [2.45, 2.75) is 37.1 Å². The molecule has 0 bridgehead atoms. The van der Waals surface area contributed by atoms with Crippen molar-refractivity contribution in [3.63, 3.8) is 0 Å². The smallest absolute Gasteiger partial charge is 0.239 e. The number of thioether (sulfide) groups is 1. The Labute approximate surface area is 193 Å². The molecule has 1 N–H and O–H groups in total. The van der Waals surface area contributed by atoms with Crippen molar-refractivity contribution in [3.05, 3.63) is 45.1 Å². The van der Waals surface area contributed by atoms with Crippen molar-refractivity contribution in [2.75, 3.05) is 11.9 Å². The minimum absolute atomic E-state index is 0.118. The fraction of sp³-hybridized carbons (Fsp3) is 0.368. The van der Waals surface area contributed by atoms with Crippen molar-refractivity contribution < 1.29 is 9.53 Å². The largest absolute Gasteiger partial charge is 0.492 e. The molecule has 7 nitrogen and oxygen atoms in total.